The zero-order valence-corrected chi connectivity index (χ0v) is 16.0. The number of hydrogen-bond acceptors (Lipinski definition) is 6. The van der Waals surface area contributed by atoms with Gasteiger partial charge >= 0.3 is 0 Å². The highest BCUT2D eigenvalue weighted by Gasteiger charge is 2.34. The van der Waals surface area contributed by atoms with Gasteiger partial charge in [0.2, 0.25) is 5.89 Å². The molecule has 0 saturated heterocycles. The van der Waals surface area contributed by atoms with Crippen LogP contribution in [0.4, 0.5) is 0 Å². The van der Waals surface area contributed by atoms with Gasteiger partial charge in [0, 0.05) is 16.7 Å². The third kappa shape index (κ3) is 2.53. The van der Waals surface area contributed by atoms with E-state index in [9.17, 15) is 9.59 Å². The van der Waals surface area contributed by atoms with Crippen molar-refractivity contribution in [2.75, 3.05) is 0 Å². The third-order valence-corrected chi connectivity index (χ3v) is 5.77. The number of ketones is 2. The summed E-state index contributed by atoms with van der Waals surface area (Å²) in [4.78, 5) is 34.9. The summed E-state index contributed by atoms with van der Waals surface area (Å²) in [6.07, 6.45) is 1.54. The molecule has 0 saturated carbocycles. The standard InChI is InChI=1S/C22H14N2O3S/c1-11-8-14-15(9-12(11)2)19(26)16(18(14)25)10-17-23-21-22(28-17)24-20(27-21)13-6-4-3-5-7-13/h3-10H,1-2H3. The number of hydrogen-bond donors (Lipinski definition) is 0. The molecule has 2 heterocycles. The van der Waals surface area contributed by atoms with Gasteiger partial charge in [0.15, 0.2) is 16.4 Å². The summed E-state index contributed by atoms with van der Waals surface area (Å²) < 4.78 is 5.74. The smallest absolute Gasteiger partial charge is 0.259 e. The lowest BCUT2D eigenvalue weighted by atomic mass is 10.0. The Kier molecular flexibility index (Phi) is 3.64. The molecule has 0 spiro atoms. The van der Waals surface area contributed by atoms with E-state index in [1.165, 1.54) is 11.3 Å². The van der Waals surface area contributed by atoms with Crippen LogP contribution in [0.2, 0.25) is 0 Å². The number of carbonyl (C=O) groups excluding carboxylic acids is 2. The number of benzene rings is 2. The predicted octanol–water partition coefficient (Wildman–Crippen LogP) is 5.03. The Labute approximate surface area is 164 Å². The van der Waals surface area contributed by atoms with Crippen LogP contribution in [0.1, 0.15) is 36.9 Å². The molecule has 0 fully saturated rings. The molecule has 5 rings (SSSR count). The first kappa shape index (κ1) is 16.8. The van der Waals surface area contributed by atoms with Gasteiger partial charge in [-0.3, -0.25) is 9.59 Å². The van der Waals surface area contributed by atoms with Gasteiger partial charge in [-0.1, -0.05) is 29.5 Å². The van der Waals surface area contributed by atoms with Crippen molar-refractivity contribution < 1.29 is 14.0 Å². The van der Waals surface area contributed by atoms with E-state index in [-0.39, 0.29) is 17.1 Å². The molecule has 0 atom stereocenters. The van der Waals surface area contributed by atoms with Crippen LogP contribution in [0.3, 0.4) is 0 Å². The van der Waals surface area contributed by atoms with Crippen LogP contribution in [-0.4, -0.2) is 21.5 Å². The van der Waals surface area contributed by atoms with Crippen LogP contribution in [0.15, 0.2) is 52.5 Å². The van der Waals surface area contributed by atoms with Gasteiger partial charge in [-0.15, -0.1) is 0 Å². The van der Waals surface area contributed by atoms with Crippen LogP contribution in [0.25, 0.3) is 28.1 Å². The second-order valence-electron chi connectivity index (χ2n) is 6.75. The van der Waals surface area contributed by atoms with Crippen molar-refractivity contribution in [1.82, 2.24) is 9.97 Å². The van der Waals surface area contributed by atoms with E-state index in [2.05, 4.69) is 9.97 Å². The fourth-order valence-electron chi connectivity index (χ4n) is 3.26. The Morgan fingerprint density at radius 3 is 2.18 bits per heavy atom. The molecule has 0 N–H and O–H groups in total. The topological polar surface area (TPSA) is 73.1 Å². The van der Waals surface area contributed by atoms with Gasteiger partial charge in [-0.2, -0.15) is 9.97 Å². The molecule has 0 bridgehead atoms. The minimum absolute atomic E-state index is 0.139. The molecule has 6 heteroatoms. The Morgan fingerprint density at radius 2 is 1.57 bits per heavy atom. The number of nitrogens with zero attached hydrogens (tertiary/aromatic N) is 2. The summed E-state index contributed by atoms with van der Waals surface area (Å²) in [7, 11) is 0. The highest BCUT2D eigenvalue weighted by molar-refractivity contribution is 7.18. The fraction of sp³-hybridized carbons (Fsp3) is 0.0909. The largest absolute Gasteiger partial charge is 0.417 e. The average molecular weight is 386 g/mol. The molecular weight excluding hydrogens is 372 g/mol. The minimum Gasteiger partial charge on any atom is -0.417 e. The number of aromatic nitrogens is 2. The summed E-state index contributed by atoms with van der Waals surface area (Å²) in [5.74, 6) is -0.0133. The molecule has 2 aromatic heterocycles. The summed E-state index contributed by atoms with van der Waals surface area (Å²) in [6, 6.07) is 13.1. The highest BCUT2D eigenvalue weighted by Crippen LogP contribution is 2.33. The lowest BCUT2D eigenvalue weighted by molar-refractivity contribution is 0.0990. The molecule has 1 aliphatic carbocycles. The van der Waals surface area contributed by atoms with E-state index in [4.69, 9.17) is 4.42 Å². The minimum atomic E-state index is -0.257. The van der Waals surface area contributed by atoms with E-state index in [1.807, 2.05) is 44.2 Å². The van der Waals surface area contributed by atoms with E-state index in [0.29, 0.717) is 32.6 Å². The van der Waals surface area contributed by atoms with Crippen molar-refractivity contribution in [1.29, 1.82) is 0 Å². The molecule has 5 nitrogen and oxygen atoms in total. The van der Waals surface area contributed by atoms with Crippen LogP contribution >= 0.6 is 11.3 Å². The predicted molar refractivity (Wildman–Crippen MR) is 108 cm³/mol. The van der Waals surface area contributed by atoms with Crippen molar-refractivity contribution in [3.63, 3.8) is 0 Å². The third-order valence-electron chi connectivity index (χ3n) is 4.89. The maximum absolute atomic E-state index is 12.7. The number of thiazole rings is 1. The molecule has 136 valence electrons. The molecule has 0 amide bonds. The summed E-state index contributed by atoms with van der Waals surface area (Å²) in [5, 5.41) is 0.527. The first-order valence-corrected chi connectivity index (χ1v) is 9.58. The lowest BCUT2D eigenvalue weighted by Crippen LogP contribution is -2.00. The maximum Gasteiger partial charge on any atom is 0.259 e. The quantitative estimate of drug-likeness (QED) is 0.357. The number of carbonyl (C=O) groups is 2. The van der Waals surface area contributed by atoms with Crippen molar-refractivity contribution in [2.45, 2.75) is 13.8 Å². The normalized spacial score (nSPS) is 13.4. The number of oxazole rings is 1. The van der Waals surface area contributed by atoms with Crippen LogP contribution in [-0.2, 0) is 0 Å². The van der Waals surface area contributed by atoms with Crippen molar-refractivity contribution >= 4 is 39.5 Å². The molecule has 0 unspecified atom stereocenters. The molecule has 28 heavy (non-hydrogen) atoms. The molecule has 2 aromatic carbocycles. The monoisotopic (exact) mass is 386 g/mol. The van der Waals surface area contributed by atoms with Crippen LogP contribution in [0.5, 0.6) is 0 Å². The van der Waals surface area contributed by atoms with Gasteiger partial charge in [-0.05, 0) is 55.3 Å². The van der Waals surface area contributed by atoms with E-state index < -0.39 is 0 Å². The molecule has 0 aliphatic heterocycles. The summed E-state index contributed by atoms with van der Waals surface area (Å²) in [5.41, 5.74) is 4.32. The van der Waals surface area contributed by atoms with Gasteiger partial charge in [-0.25, -0.2) is 0 Å². The molecule has 0 radical (unpaired) electrons. The Balaban J connectivity index is 1.53. The number of Topliss-reactive ketones (excluding diaryl/α,β-unsaturated/α-hetero) is 2. The summed E-state index contributed by atoms with van der Waals surface area (Å²) in [6.45, 7) is 3.86. The Morgan fingerprint density at radius 1 is 0.929 bits per heavy atom. The fourth-order valence-corrected chi connectivity index (χ4v) is 4.07. The number of rotatable bonds is 2. The van der Waals surface area contributed by atoms with Gasteiger partial charge in [0.25, 0.3) is 5.71 Å². The van der Waals surface area contributed by atoms with E-state index in [1.54, 1.807) is 18.2 Å². The zero-order valence-electron chi connectivity index (χ0n) is 15.1. The summed E-state index contributed by atoms with van der Waals surface area (Å²) >= 11 is 1.29. The number of allylic oxidation sites excluding steroid dienone is 1. The molecule has 1 aliphatic rings. The second-order valence-corrected chi connectivity index (χ2v) is 7.75. The van der Waals surface area contributed by atoms with Crippen molar-refractivity contribution in [2.24, 2.45) is 0 Å². The maximum atomic E-state index is 12.7. The van der Waals surface area contributed by atoms with Crippen LogP contribution < -0.4 is 0 Å². The van der Waals surface area contributed by atoms with Gasteiger partial charge in [0.1, 0.15) is 5.01 Å². The zero-order chi connectivity index (χ0) is 19.4. The first-order chi connectivity index (χ1) is 13.5. The average Bonchev–Trinajstić information content (AvgIpc) is 3.31. The van der Waals surface area contributed by atoms with Crippen molar-refractivity contribution in [3.05, 3.63) is 75.3 Å². The Bertz CT molecular complexity index is 1240. The molecular formula is C22H14N2O3S. The SMILES string of the molecule is Cc1cc2c(cc1C)C(=O)C(=Cc1nc3oc(-c4ccccc4)nc3s1)C2=O. The number of aryl methyl sites for hydroxylation is 2. The van der Waals surface area contributed by atoms with Gasteiger partial charge < -0.3 is 4.42 Å². The van der Waals surface area contributed by atoms with E-state index in [0.717, 1.165) is 16.7 Å². The highest BCUT2D eigenvalue weighted by atomic mass is 32.1. The second kappa shape index (κ2) is 6.07. The molecule has 4 aromatic rings. The number of fused-ring (bicyclic) bond motifs is 2. The first-order valence-electron chi connectivity index (χ1n) is 8.76. The lowest BCUT2D eigenvalue weighted by Gasteiger charge is -2.01. The van der Waals surface area contributed by atoms with Crippen LogP contribution in [0, 0.1) is 13.8 Å². The van der Waals surface area contributed by atoms with Gasteiger partial charge in [0.05, 0.1) is 5.57 Å². The Hall–Kier alpha value is -3.38. The van der Waals surface area contributed by atoms with Crippen molar-refractivity contribution in [3.8, 4) is 11.5 Å². The van der Waals surface area contributed by atoms with E-state index >= 15 is 0 Å².